The number of nitrogens with one attached hydrogen (secondary N) is 1. The summed E-state index contributed by atoms with van der Waals surface area (Å²) < 4.78 is 0. The van der Waals surface area contributed by atoms with Crippen LogP contribution >= 0.6 is 0 Å². The second kappa shape index (κ2) is 6.12. The molecule has 0 aliphatic heterocycles. The lowest BCUT2D eigenvalue weighted by atomic mass is 9.39. The predicted octanol–water partition coefficient (Wildman–Crippen LogP) is 6.04. The molecule has 0 aromatic carbocycles. The molecule has 4 rings (SSSR count). The zero-order valence-electron chi connectivity index (χ0n) is 16.9. The number of hydrogen-bond acceptors (Lipinski definition) is 1. The fraction of sp³-hybridized carbons (Fsp3) is 0.750. The average molecular weight is 340 g/mol. The van der Waals surface area contributed by atoms with Crippen LogP contribution in [-0.2, 0) is 0 Å². The number of rotatable bonds is 4. The van der Waals surface area contributed by atoms with Crippen molar-refractivity contribution < 1.29 is 0 Å². The van der Waals surface area contributed by atoms with E-state index < -0.39 is 0 Å². The van der Waals surface area contributed by atoms with Gasteiger partial charge in [-0.2, -0.15) is 0 Å². The second-order valence-corrected chi connectivity index (χ2v) is 9.63. The van der Waals surface area contributed by atoms with Gasteiger partial charge in [-0.05, 0) is 82.2 Å². The Hall–Kier alpha value is -0.820. The number of hydrogen-bond donors (Lipinski definition) is 1. The van der Waals surface area contributed by atoms with Gasteiger partial charge in [-0.15, -0.1) is 0 Å². The van der Waals surface area contributed by atoms with Gasteiger partial charge < -0.3 is 5.32 Å². The van der Waals surface area contributed by atoms with E-state index in [9.17, 15) is 0 Å². The summed E-state index contributed by atoms with van der Waals surface area (Å²) in [6.45, 7) is 16.1. The van der Waals surface area contributed by atoms with E-state index in [-0.39, 0.29) is 0 Å². The van der Waals surface area contributed by atoms with E-state index >= 15 is 0 Å². The van der Waals surface area contributed by atoms with E-state index in [1.165, 1.54) is 50.5 Å². The standard InChI is InChI=1S/C24H37N/c1-6-25-15-21-12-17(4)22-14-18(16(2)3)13-20-10-9-19-8-7-11-24(19,21)23(20,22)5/h12,18-20,25H,2,6-11,13-15H2,1,3-5H3. The molecule has 4 aliphatic carbocycles. The smallest absolute Gasteiger partial charge is 0.0173 e. The normalized spacial score (nSPS) is 42.7. The Labute approximate surface area is 155 Å². The fourth-order valence-electron chi connectivity index (χ4n) is 7.61. The van der Waals surface area contributed by atoms with E-state index in [1.807, 2.05) is 5.57 Å². The van der Waals surface area contributed by atoms with E-state index in [0.717, 1.165) is 24.9 Å². The van der Waals surface area contributed by atoms with Crippen LogP contribution in [0.25, 0.3) is 0 Å². The second-order valence-electron chi connectivity index (χ2n) is 9.63. The predicted molar refractivity (Wildman–Crippen MR) is 107 cm³/mol. The fourth-order valence-corrected chi connectivity index (χ4v) is 7.61. The van der Waals surface area contributed by atoms with Crippen molar-refractivity contribution in [2.45, 2.75) is 72.6 Å². The molecule has 4 aliphatic rings. The number of allylic oxidation sites excluding steroid dienone is 4. The van der Waals surface area contributed by atoms with Gasteiger partial charge in [-0.25, -0.2) is 0 Å². The molecule has 3 saturated carbocycles. The molecular weight excluding hydrogens is 302 g/mol. The lowest BCUT2D eigenvalue weighted by molar-refractivity contribution is -0.0538. The minimum atomic E-state index is 0.405. The summed E-state index contributed by atoms with van der Waals surface area (Å²) in [5, 5.41) is 3.68. The largest absolute Gasteiger partial charge is 0.313 e. The zero-order chi connectivity index (χ0) is 17.8. The molecule has 0 aromatic rings. The van der Waals surface area contributed by atoms with E-state index in [0.29, 0.717) is 16.7 Å². The lowest BCUT2D eigenvalue weighted by Crippen LogP contribution is -2.58. The Bertz CT molecular complexity index is 638. The van der Waals surface area contributed by atoms with Gasteiger partial charge in [0.05, 0.1) is 0 Å². The molecule has 1 heteroatoms. The summed E-state index contributed by atoms with van der Waals surface area (Å²) in [6, 6.07) is 0. The lowest BCUT2D eigenvalue weighted by Gasteiger charge is -2.65. The molecular formula is C24H37N. The highest BCUT2D eigenvalue weighted by atomic mass is 14.9. The summed E-state index contributed by atoms with van der Waals surface area (Å²) in [5.41, 5.74) is 7.41. The molecule has 5 atom stereocenters. The Morgan fingerprint density at radius 1 is 1.28 bits per heavy atom. The van der Waals surface area contributed by atoms with Gasteiger partial charge in [0, 0.05) is 17.4 Å². The molecule has 3 fully saturated rings. The van der Waals surface area contributed by atoms with Gasteiger partial charge in [0.2, 0.25) is 0 Å². The molecule has 25 heavy (non-hydrogen) atoms. The Morgan fingerprint density at radius 2 is 2.04 bits per heavy atom. The highest BCUT2D eigenvalue weighted by Gasteiger charge is 2.65. The van der Waals surface area contributed by atoms with E-state index in [1.54, 1.807) is 11.1 Å². The third-order valence-corrected chi connectivity index (χ3v) is 8.78. The minimum Gasteiger partial charge on any atom is -0.313 e. The van der Waals surface area contributed by atoms with Crippen LogP contribution in [0.15, 0.2) is 34.9 Å². The monoisotopic (exact) mass is 339 g/mol. The maximum absolute atomic E-state index is 4.34. The molecule has 0 aromatic heterocycles. The van der Waals surface area contributed by atoms with Crippen LogP contribution in [0.4, 0.5) is 0 Å². The first-order valence-corrected chi connectivity index (χ1v) is 10.7. The Morgan fingerprint density at radius 3 is 2.76 bits per heavy atom. The van der Waals surface area contributed by atoms with E-state index in [4.69, 9.17) is 0 Å². The van der Waals surface area contributed by atoms with Crippen LogP contribution in [0, 0.1) is 28.6 Å². The quantitative estimate of drug-likeness (QED) is 0.616. The van der Waals surface area contributed by atoms with Gasteiger partial charge in [0.25, 0.3) is 0 Å². The van der Waals surface area contributed by atoms with Gasteiger partial charge in [0.15, 0.2) is 0 Å². The van der Waals surface area contributed by atoms with Crippen molar-refractivity contribution in [1.82, 2.24) is 5.32 Å². The van der Waals surface area contributed by atoms with Crippen molar-refractivity contribution in [2.75, 3.05) is 13.1 Å². The summed E-state index contributed by atoms with van der Waals surface area (Å²) in [6.07, 6.45) is 12.5. The van der Waals surface area contributed by atoms with Crippen LogP contribution in [0.5, 0.6) is 0 Å². The van der Waals surface area contributed by atoms with E-state index in [2.05, 4.69) is 45.7 Å². The van der Waals surface area contributed by atoms with Crippen molar-refractivity contribution in [1.29, 1.82) is 0 Å². The van der Waals surface area contributed by atoms with Crippen LogP contribution < -0.4 is 5.32 Å². The molecule has 5 unspecified atom stereocenters. The molecule has 138 valence electrons. The molecule has 0 saturated heterocycles. The maximum Gasteiger partial charge on any atom is 0.0173 e. The first-order chi connectivity index (χ1) is 11.9. The highest BCUT2D eigenvalue weighted by Crippen LogP contribution is 2.73. The summed E-state index contributed by atoms with van der Waals surface area (Å²) >= 11 is 0. The SMILES string of the molecule is C=C(C)C1CC2=C(C)C=C(CNCC)C34CCCC3CCC(C1)C24C. The zero-order valence-corrected chi connectivity index (χ0v) is 16.9. The van der Waals surface area contributed by atoms with Crippen LogP contribution in [0.1, 0.15) is 72.6 Å². The van der Waals surface area contributed by atoms with Crippen molar-refractivity contribution in [3.8, 4) is 0 Å². The Balaban J connectivity index is 1.86. The van der Waals surface area contributed by atoms with Gasteiger partial charge in [-0.1, -0.05) is 49.6 Å². The first kappa shape index (κ1) is 17.6. The third-order valence-electron chi connectivity index (χ3n) is 8.78. The molecule has 1 spiro atoms. The summed E-state index contributed by atoms with van der Waals surface area (Å²) in [5.74, 6) is 2.48. The number of likely N-dealkylation sites (N-methyl/N-ethyl adjacent to an activating group) is 1. The van der Waals surface area contributed by atoms with Gasteiger partial charge in [0.1, 0.15) is 0 Å². The topological polar surface area (TPSA) is 12.0 Å². The molecule has 0 heterocycles. The van der Waals surface area contributed by atoms with Gasteiger partial charge >= 0.3 is 0 Å². The summed E-state index contributed by atoms with van der Waals surface area (Å²) in [4.78, 5) is 0. The molecule has 1 N–H and O–H groups in total. The van der Waals surface area contributed by atoms with Crippen LogP contribution in [-0.4, -0.2) is 13.1 Å². The average Bonchev–Trinajstić information content (AvgIpc) is 3.01. The van der Waals surface area contributed by atoms with Gasteiger partial charge in [-0.3, -0.25) is 0 Å². The maximum atomic E-state index is 4.34. The van der Waals surface area contributed by atoms with Crippen molar-refractivity contribution in [2.24, 2.45) is 28.6 Å². The Kier molecular flexibility index (Phi) is 4.30. The van der Waals surface area contributed by atoms with Crippen LogP contribution in [0.2, 0.25) is 0 Å². The molecule has 0 radical (unpaired) electrons. The molecule has 0 bridgehead atoms. The highest BCUT2D eigenvalue weighted by molar-refractivity contribution is 5.48. The van der Waals surface area contributed by atoms with Crippen molar-refractivity contribution in [3.05, 3.63) is 34.9 Å². The third kappa shape index (κ3) is 2.24. The van der Waals surface area contributed by atoms with Crippen molar-refractivity contribution in [3.63, 3.8) is 0 Å². The first-order valence-electron chi connectivity index (χ1n) is 10.7. The molecule has 0 amide bonds. The van der Waals surface area contributed by atoms with Crippen molar-refractivity contribution >= 4 is 0 Å². The summed E-state index contributed by atoms with van der Waals surface area (Å²) in [7, 11) is 0. The molecule has 1 nitrogen and oxygen atoms in total. The minimum absolute atomic E-state index is 0.405. The van der Waals surface area contributed by atoms with Crippen LogP contribution in [0.3, 0.4) is 0 Å².